The third-order valence-corrected chi connectivity index (χ3v) is 6.50. The van der Waals surface area contributed by atoms with Gasteiger partial charge in [-0.05, 0) is 10.4 Å². The van der Waals surface area contributed by atoms with Gasteiger partial charge in [0.2, 0.25) is 5.16 Å². The molecular formula is C11H13N9O6S3. The molecule has 0 aliphatic carbocycles. The number of carbonyl (C=O) groups is 2. The Hall–Kier alpha value is -2.83. The van der Waals surface area contributed by atoms with E-state index in [1.807, 2.05) is 0 Å². The van der Waals surface area contributed by atoms with Gasteiger partial charge in [0.1, 0.15) is 24.2 Å². The van der Waals surface area contributed by atoms with E-state index in [0.29, 0.717) is 0 Å². The molecule has 18 heteroatoms. The van der Waals surface area contributed by atoms with Crippen LogP contribution in [0.25, 0.3) is 0 Å². The van der Waals surface area contributed by atoms with Crippen LogP contribution in [0, 0.1) is 0 Å². The number of aromatic nitrogens is 5. The Morgan fingerprint density at radius 1 is 1.52 bits per heavy atom. The zero-order valence-electron chi connectivity index (χ0n) is 14.7. The number of β-lactam (4-membered cyclic amide) rings is 1. The Kier molecular flexibility index (Phi) is 5.68. The molecule has 4 N–H and O–H groups in total. The average molecular weight is 463 g/mol. The van der Waals surface area contributed by atoms with Crippen molar-refractivity contribution in [2.45, 2.75) is 16.6 Å². The van der Waals surface area contributed by atoms with Gasteiger partial charge in [-0.25, -0.2) is 9.67 Å². The largest absolute Gasteiger partial charge is 0.398 e. The third-order valence-electron chi connectivity index (χ3n) is 3.50. The molecule has 0 bridgehead atoms. The Balaban J connectivity index is 1.85. The molecular weight excluding hydrogens is 450 g/mol. The first kappa shape index (κ1) is 20.9. The Morgan fingerprint density at radius 2 is 2.24 bits per heavy atom. The van der Waals surface area contributed by atoms with E-state index in [9.17, 15) is 22.6 Å². The lowest BCUT2D eigenvalue weighted by Crippen LogP contribution is -2.71. The third kappa shape index (κ3) is 4.13. The predicted octanol–water partition coefficient (Wildman–Crippen LogP) is -2.15. The van der Waals surface area contributed by atoms with E-state index in [-0.39, 0.29) is 26.0 Å². The molecule has 156 valence electrons. The molecule has 3 rings (SSSR count). The summed E-state index contributed by atoms with van der Waals surface area (Å²) in [4.78, 5) is 33.5. The molecule has 2 aromatic heterocycles. The number of carbonyl (C=O) groups excluding carboxylic acids is 2. The highest BCUT2D eigenvalue weighted by Crippen LogP contribution is 2.35. The molecule has 1 aliphatic heterocycles. The molecule has 15 nitrogen and oxygen atoms in total. The van der Waals surface area contributed by atoms with E-state index >= 15 is 0 Å². The zero-order chi connectivity index (χ0) is 21.3. The molecule has 2 amide bonds. The summed E-state index contributed by atoms with van der Waals surface area (Å²) in [5, 5.41) is 17.2. The van der Waals surface area contributed by atoms with Crippen LogP contribution in [0.1, 0.15) is 5.69 Å². The van der Waals surface area contributed by atoms with Crippen molar-refractivity contribution < 1.29 is 27.4 Å². The minimum atomic E-state index is -4.88. The highest BCUT2D eigenvalue weighted by Gasteiger charge is 2.55. The van der Waals surface area contributed by atoms with Gasteiger partial charge in [-0.3, -0.25) is 14.1 Å². The number of nitrogens with two attached hydrogens (primary N) is 1. The molecule has 0 saturated carbocycles. The maximum Gasteiger partial charge on any atom is 0.363 e. The molecule has 1 saturated heterocycles. The highest BCUT2D eigenvalue weighted by molar-refractivity contribution is 8.00. The van der Waals surface area contributed by atoms with Crippen LogP contribution < -0.4 is 11.1 Å². The second kappa shape index (κ2) is 7.89. The van der Waals surface area contributed by atoms with Crippen LogP contribution in [0.2, 0.25) is 0 Å². The fourth-order valence-corrected chi connectivity index (χ4v) is 5.00. The van der Waals surface area contributed by atoms with E-state index < -0.39 is 33.5 Å². The summed E-state index contributed by atoms with van der Waals surface area (Å²) in [5.74, 6) is -1.92. The van der Waals surface area contributed by atoms with Crippen molar-refractivity contribution in [1.29, 1.82) is 0 Å². The number of hydrogen-bond acceptors (Lipinski definition) is 13. The number of rotatable bonds is 7. The summed E-state index contributed by atoms with van der Waals surface area (Å²) in [6.45, 7) is 0. The Bertz CT molecular complexity index is 1080. The SMILES string of the molecule is CON=C(C(=O)N[C@@H]1C(=O)N(S(=O)(=O)O)[C@@H]1Sc1nnnn1C)c1csc(N)n1. The number of nitrogen functional groups attached to an aromatic ring is 1. The first-order chi connectivity index (χ1) is 13.6. The molecule has 0 unspecified atom stereocenters. The van der Waals surface area contributed by atoms with Crippen molar-refractivity contribution in [3.63, 3.8) is 0 Å². The van der Waals surface area contributed by atoms with Crippen molar-refractivity contribution in [2.75, 3.05) is 12.8 Å². The normalized spacial score (nSPS) is 19.8. The first-order valence-electron chi connectivity index (χ1n) is 7.46. The number of nitrogens with zero attached hydrogens (tertiary/aromatic N) is 7. The van der Waals surface area contributed by atoms with Gasteiger partial charge < -0.3 is 15.9 Å². The summed E-state index contributed by atoms with van der Waals surface area (Å²) >= 11 is 1.81. The van der Waals surface area contributed by atoms with Crippen molar-refractivity contribution in [3.8, 4) is 0 Å². The summed E-state index contributed by atoms with van der Waals surface area (Å²) in [6, 6.07) is -1.33. The van der Waals surface area contributed by atoms with Gasteiger partial charge >= 0.3 is 10.3 Å². The number of hydrogen-bond donors (Lipinski definition) is 3. The molecule has 2 aromatic rings. The Morgan fingerprint density at radius 3 is 2.76 bits per heavy atom. The van der Waals surface area contributed by atoms with Crippen LogP contribution in [0.4, 0.5) is 5.13 Å². The van der Waals surface area contributed by atoms with Crippen molar-refractivity contribution in [3.05, 3.63) is 11.1 Å². The van der Waals surface area contributed by atoms with E-state index in [0.717, 1.165) is 23.1 Å². The van der Waals surface area contributed by atoms with E-state index in [1.165, 1.54) is 24.2 Å². The number of tetrazole rings is 1. The van der Waals surface area contributed by atoms with Gasteiger partial charge in [0.05, 0.1) is 0 Å². The van der Waals surface area contributed by atoms with Gasteiger partial charge in [0.15, 0.2) is 10.8 Å². The molecule has 1 fully saturated rings. The summed E-state index contributed by atoms with van der Waals surface area (Å²) in [5.41, 5.74) is 5.38. The molecule has 0 radical (unpaired) electrons. The Labute approximate surface area is 171 Å². The van der Waals surface area contributed by atoms with E-state index in [2.05, 4.69) is 35.8 Å². The fourth-order valence-electron chi connectivity index (χ4n) is 2.26. The van der Waals surface area contributed by atoms with E-state index in [1.54, 1.807) is 0 Å². The minimum Gasteiger partial charge on any atom is -0.398 e. The van der Waals surface area contributed by atoms with Crippen molar-refractivity contribution >= 4 is 56.1 Å². The number of amides is 2. The van der Waals surface area contributed by atoms with Gasteiger partial charge in [0.25, 0.3) is 11.8 Å². The number of thioether (sulfide) groups is 1. The van der Waals surface area contributed by atoms with Gasteiger partial charge in [-0.15, -0.1) is 16.4 Å². The van der Waals surface area contributed by atoms with E-state index in [4.69, 9.17) is 5.73 Å². The zero-order valence-corrected chi connectivity index (χ0v) is 17.1. The standard InChI is InChI=1S/C11H13N9O6S3/c1-19-11(15-17-18-19)28-9-6(8(22)20(9)29(23,24)25)14-7(21)5(16-26-2)4-3-27-10(12)13-4/h3,6,9H,1-2H3,(H2,12,13)(H,14,21)(H,23,24,25)/t6-,9-/m1/s1. The average Bonchev–Trinajstić information content (AvgIpc) is 3.24. The molecule has 0 aromatic carbocycles. The maximum absolute atomic E-state index is 12.6. The van der Waals surface area contributed by atoms with Crippen LogP contribution in [0.3, 0.4) is 0 Å². The smallest absolute Gasteiger partial charge is 0.363 e. The van der Waals surface area contributed by atoms with Crippen LogP contribution in [-0.2, 0) is 31.8 Å². The molecule has 0 spiro atoms. The summed E-state index contributed by atoms with van der Waals surface area (Å²) < 4.78 is 33.9. The number of thiazole rings is 1. The predicted molar refractivity (Wildman–Crippen MR) is 98.8 cm³/mol. The van der Waals surface area contributed by atoms with Gasteiger partial charge in [0, 0.05) is 12.4 Å². The van der Waals surface area contributed by atoms with Gasteiger partial charge in [-0.2, -0.15) is 12.7 Å². The minimum absolute atomic E-state index is 0.104. The molecule has 3 heterocycles. The lowest BCUT2D eigenvalue weighted by Gasteiger charge is -2.42. The quantitative estimate of drug-likeness (QED) is 0.174. The van der Waals surface area contributed by atoms with Crippen LogP contribution in [-0.4, -0.2) is 78.5 Å². The highest BCUT2D eigenvalue weighted by atomic mass is 32.2. The molecule has 1 aliphatic rings. The van der Waals surface area contributed by atoms with Crippen LogP contribution in [0.15, 0.2) is 15.7 Å². The number of anilines is 1. The second-order valence-corrected chi connectivity index (χ2v) is 8.61. The monoisotopic (exact) mass is 463 g/mol. The summed E-state index contributed by atoms with van der Waals surface area (Å²) in [6.07, 6.45) is 0. The first-order valence-corrected chi connectivity index (χ1v) is 10.6. The van der Waals surface area contributed by atoms with Crippen molar-refractivity contribution in [2.24, 2.45) is 12.2 Å². The lowest BCUT2D eigenvalue weighted by atomic mass is 10.1. The molecule has 29 heavy (non-hydrogen) atoms. The number of oxime groups is 1. The van der Waals surface area contributed by atoms with Gasteiger partial charge in [-0.1, -0.05) is 16.9 Å². The lowest BCUT2D eigenvalue weighted by molar-refractivity contribution is -0.140. The topological polar surface area (TPSA) is 208 Å². The number of aryl methyl sites for hydroxylation is 1. The van der Waals surface area contributed by atoms with Crippen LogP contribution in [0.5, 0.6) is 0 Å². The maximum atomic E-state index is 12.6. The fraction of sp³-hybridized carbons (Fsp3) is 0.364. The van der Waals surface area contributed by atoms with Crippen LogP contribution >= 0.6 is 23.1 Å². The summed E-state index contributed by atoms with van der Waals surface area (Å²) in [7, 11) is -2.18. The molecule has 2 atom stereocenters. The number of nitrogens with one attached hydrogen (secondary N) is 1. The van der Waals surface area contributed by atoms with Crippen molar-refractivity contribution in [1.82, 2.24) is 34.8 Å². The second-order valence-electron chi connectivity index (χ2n) is 5.35.